The highest BCUT2D eigenvalue weighted by Crippen LogP contribution is 2.33. The van der Waals surface area contributed by atoms with Gasteiger partial charge in [0.2, 0.25) is 0 Å². The molecule has 0 aliphatic rings. The molecule has 0 saturated carbocycles. The van der Waals surface area contributed by atoms with Gasteiger partial charge < -0.3 is 10.6 Å². The second-order valence-electron chi connectivity index (χ2n) is 5.62. The summed E-state index contributed by atoms with van der Waals surface area (Å²) in [5, 5.41) is 5.82. The first kappa shape index (κ1) is 18.6. The Kier molecular flexibility index (Phi) is 5.52. The second kappa shape index (κ2) is 8.01. The smallest absolute Gasteiger partial charge is 0.159 e. The lowest BCUT2D eigenvalue weighted by molar-refractivity contribution is 0.627. The van der Waals surface area contributed by atoms with Crippen molar-refractivity contribution in [2.24, 2.45) is 0 Å². The van der Waals surface area contributed by atoms with Gasteiger partial charge in [0, 0.05) is 18.2 Å². The van der Waals surface area contributed by atoms with Gasteiger partial charge in [0.05, 0.1) is 22.6 Å². The number of nitrogens with zero attached hydrogens (tertiary/aromatic N) is 2. The Balaban J connectivity index is 2.29. The molecule has 0 saturated heterocycles. The Labute approximate surface area is 161 Å². The molecule has 136 valence electrons. The van der Waals surface area contributed by atoms with E-state index < -0.39 is 0 Å². The van der Waals surface area contributed by atoms with Gasteiger partial charge in [0.25, 0.3) is 0 Å². The van der Waals surface area contributed by atoms with E-state index >= 15 is 0 Å². The topological polar surface area (TPSA) is 49.8 Å². The molecule has 0 aliphatic heterocycles. The number of benzene rings is 2. The summed E-state index contributed by atoms with van der Waals surface area (Å²) in [6, 6.07) is 11.8. The molecular formula is C20H16F2N4S. The molecule has 3 rings (SSSR count). The van der Waals surface area contributed by atoms with Crippen LogP contribution < -0.4 is 10.6 Å². The number of rotatable bonds is 6. The monoisotopic (exact) mass is 382 g/mol. The summed E-state index contributed by atoms with van der Waals surface area (Å²) < 4.78 is 26.7. The molecule has 0 fully saturated rings. The third-order valence-electron chi connectivity index (χ3n) is 3.91. The Bertz CT molecular complexity index is 986. The second-order valence-corrected chi connectivity index (χ2v) is 5.86. The van der Waals surface area contributed by atoms with Gasteiger partial charge in [-0.1, -0.05) is 18.8 Å². The SMILES string of the molecule is C=C(NC)c1nc(-c2ccc(F)cc2)c(-c2ccc(F)cc2)nc1NC=S. The number of anilines is 1. The number of nitrogens with one attached hydrogen (secondary N) is 2. The van der Waals surface area contributed by atoms with Gasteiger partial charge in [0.1, 0.15) is 17.3 Å². The van der Waals surface area contributed by atoms with Crippen LogP contribution in [0.3, 0.4) is 0 Å². The highest BCUT2D eigenvalue weighted by atomic mass is 32.1. The molecule has 3 aromatic rings. The van der Waals surface area contributed by atoms with Crippen molar-refractivity contribution < 1.29 is 8.78 Å². The predicted octanol–water partition coefficient (Wildman–Crippen LogP) is 4.65. The van der Waals surface area contributed by atoms with Crippen LogP contribution in [0.15, 0.2) is 55.1 Å². The summed E-state index contributed by atoms with van der Waals surface area (Å²) in [5.74, 6) is -0.295. The van der Waals surface area contributed by atoms with E-state index in [-0.39, 0.29) is 11.6 Å². The van der Waals surface area contributed by atoms with Crippen LogP contribution in [0, 0.1) is 11.6 Å². The Morgan fingerprint density at radius 3 is 1.85 bits per heavy atom. The maximum absolute atomic E-state index is 13.4. The molecule has 0 unspecified atom stereocenters. The molecule has 0 aliphatic carbocycles. The number of thiocarbonyl (C=S) groups is 1. The molecule has 2 N–H and O–H groups in total. The van der Waals surface area contributed by atoms with Crippen molar-refractivity contribution >= 4 is 29.2 Å². The van der Waals surface area contributed by atoms with Crippen LogP contribution in [0.2, 0.25) is 0 Å². The normalized spacial score (nSPS) is 10.3. The number of aromatic nitrogens is 2. The van der Waals surface area contributed by atoms with Gasteiger partial charge in [-0.3, -0.25) is 0 Å². The van der Waals surface area contributed by atoms with E-state index in [1.54, 1.807) is 31.3 Å². The van der Waals surface area contributed by atoms with Gasteiger partial charge in [-0.05, 0) is 48.5 Å². The maximum atomic E-state index is 13.4. The third kappa shape index (κ3) is 3.98. The third-order valence-corrected chi connectivity index (χ3v) is 4.03. The van der Waals surface area contributed by atoms with Crippen molar-refractivity contribution in [1.29, 1.82) is 0 Å². The highest BCUT2D eigenvalue weighted by Gasteiger charge is 2.18. The Hall–Kier alpha value is -3.19. The Morgan fingerprint density at radius 1 is 0.926 bits per heavy atom. The van der Waals surface area contributed by atoms with Crippen LogP contribution in [-0.2, 0) is 0 Å². The van der Waals surface area contributed by atoms with Gasteiger partial charge in [-0.2, -0.15) is 0 Å². The zero-order chi connectivity index (χ0) is 19.4. The molecule has 1 heterocycles. The van der Waals surface area contributed by atoms with Gasteiger partial charge in [-0.25, -0.2) is 18.7 Å². The largest absolute Gasteiger partial charge is 0.387 e. The molecule has 0 atom stereocenters. The average molecular weight is 382 g/mol. The van der Waals surface area contributed by atoms with E-state index in [0.717, 1.165) is 0 Å². The van der Waals surface area contributed by atoms with Gasteiger partial charge in [0.15, 0.2) is 5.82 Å². The minimum Gasteiger partial charge on any atom is -0.387 e. The number of hydrogen-bond donors (Lipinski definition) is 2. The lowest BCUT2D eigenvalue weighted by Crippen LogP contribution is -2.12. The first-order chi connectivity index (χ1) is 13.0. The lowest BCUT2D eigenvalue weighted by Gasteiger charge is -2.16. The summed E-state index contributed by atoms with van der Waals surface area (Å²) in [6.07, 6.45) is 0. The first-order valence-corrected chi connectivity index (χ1v) is 8.51. The number of hydrogen-bond acceptors (Lipinski definition) is 4. The van der Waals surface area contributed by atoms with Gasteiger partial charge in [-0.15, -0.1) is 0 Å². The van der Waals surface area contributed by atoms with Crippen molar-refractivity contribution in [3.63, 3.8) is 0 Å². The highest BCUT2D eigenvalue weighted by molar-refractivity contribution is 7.79. The fraction of sp³-hybridized carbons (Fsp3) is 0.0500. The van der Waals surface area contributed by atoms with Crippen LogP contribution in [-0.4, -0.2) is 22.5 Å². The summed E-state index contributed by atoms with van der Waals surface area (Å²) in [6.45, 7) is 3.94. The quantitative estimate of drug-likeness (QED) is 0.608. The average Bonchev–Trinajstić information content (AvgIpc) is 2.69. The summed E-state index contributed by atoms with van der Waals surface area (Å²) in [5.41, 5.74) is 4.69. The van der Waals surface area contributed by atoms with E-state index in [1.165, 1.54) is 29.8 Å². The predicted molar refractivity (Wildman–Crippen MR) is 108 cm³/mol. The van der Waals surface area contributed by atoms with E-state index in [0.29, 0.717) is 39.7 Å². The summed E-state index contributed by atoms with van der Waals surface area (Å²) in [4.78, 5) is 9.33. The van der Waals surface area contributed by atoms with E-state index in [2.05, 4.69) is 22.2 Å². The standard InChI is InChI=1S/C20H16F2N4S/c1-12(23-2)17-20(24-11-27)26-19(14-5-9-16(22)10-6-14)18(25-17)13-3-7-15(21)8-4-13/h3-11,23H,1H2,2H3,(H,24,26,27). The molecule has 1 aromatic heterocycles. The lowest BCUT2D eigenvalue weighted by atomic mass is 10.0. The fourth-order valence-corrected chi connectivity index (χ4v) is 2.65. The van der Waals surface area contributed by atoms with Crippen LogP contribution in [0.4, 0.5) is 14.6 Å². The van der Waals surface area contributed by atoms with Crippen LogP contribution in [0.1, 0.15) is 5.69 Å². The van der Waals surface area contributed by atoms with Crippen molar-refractivity contribution in [1.82, 2.24) is 15.3 Å². The molecule has 2 aromatic carbocycles. The fourth-order valence-electron chi connectivity index (χ4n) is 2.54. The minimum absolute atomic E-state index is 0.353. The van der Waals surface area contributed by atoms with Crippen LogP contribution in [0.25, 0.3) is 28.2 Å². The van der Waals surface area contributed by atoms with Crippen LogP contribution in [0.5, 0.6) is 0 Å². The molecule has 0 spiro atoms. The summed E-state index contributed by atoms with van der Waals surface area (Å²) in [7, 11) is 1.72. The van der Waals surface area contributed by atoms with Crippen molar-refractivity contribution in [2.75, 3.05) is 12.4 Å². The zero-order valence-corrected chi connectivity index (χ0v) is 15.3. The van der Waals surface area contributed by atoms with Gasteiger partial charge >= 0.3 is 0 Å². The summed E-state index contributed by atoms with van der Waals surface area (Å²) >= 11 is 4.89. The van der Waals surface area contributed by atoms with E-state index in [1.807, 2.05) is 0 Å². The Morgan fingerprint density at radius 2 is 1.41 bits per heavy atom. The minimum atomic E-state index is -0.354. The molecule has 0 amide bonds. The first-order valence-electron chi connectivity index (χ1n) is 8.04. The van der Waals surface area contributed by atoms with Crippen molar-refractivity contribution in [3.8, 4) is 22.5 Å². The molecular weight excluding hydrogens is 366 g/mol. The van der Waals surface area contributed by atoms with E-state index in [4.69, 9.17) is 17.2 Å². The molecule has 4 nitrogen and oxygen atoms in total. The maximum Gasteiger partial charge on any atom is 0.159 e. The van der Waals surface area contributed by atoms with E-state index in [9.17, 15) is 8.78 Å². The molecule has 7 heteroatoms. The number of halogens is 2. The molecule has 0 bridgehead atoms. The molecule has 27 heavy (non-hydrogen) atoms. The zero-order valence-electron chi connectivity index (χ0n) is 14.5. The van der Waals surface area contributed by atoms with Crippen molar-refractivity contribution in [3.05, 3.63) is 72.4 Å². The van der Waals surface area contributed by atoms with Crippen molar-refractivity contribution in [2.45, 2.75) is 0 Å². The van der Waals surface area contributed by atoms with Crippen LogP contribution >= 0.6 is 12.2 Å². The molecule has 0 radical (unpaired) electrons.